The Hall–Kier alpha value is -1.84. The molecular weight excluding hydrogens is 295 g/mol. The Labute approximate surface area is 127 Å². The molecule has 0 aromatic heterocycles. The van der Waals surface area contributed by atoms with Gasteiger partial charge in [0.05, 0.1) is 22.7 Å². The van der Waals surface area contributed by atoms with Gasteiger partial charge in [0, 0.05) is 5.56 Å². The smallest absolute Gasteiger partial charge is 0.244 e. The normalized spacial score (nSPS) is 10.7. The highest BCUT2D eigenvalue weighted by Crippen LogP contribution is 2.21. The monoisotopic (exact) mass is 306 g/mol. The van der Waals surface area contributed by atoms with E-state index in [1.807, 2.05) is 30.3 Å². The van der Waals surface area contributed by atoms with Crippen molar-refractivity contribution >= 4 is 35.3 Å². The average Bonchev–Trinajstić information content (AvgIpc) is 2.43. The third-order valence-electron chi connectivity index (χ3n) is 2.59. The van der Waals surface area contributed by atoms with E-state index >= 15 is 0 Å². The van der Waals surface area contributed by atoms with Crippen LogP contribution in [0.3, 0.4) is 0 Å². The summed E-state index contributed by atoms with van der Waals surface area (Å²) in [4.78, 5) is 11.7. The molecule has 0 saturated heterocycles. The number of hydrogen-bond acceptors (Lipinski definition) is 2. The number of rotatable bonds is 4. The second-order valence-electron chi connectivity index (χ2n) is 4.09. The predicted octanol–water partition coefficient (Wildman–Crippen LogP) is 3.69. The quantitative estimate of drug-likeness (QED) is 0.679. The van der Waals surface area contributed by atoms with Crippen molar-refractivity contribution in [3.8, 4) is 0 Å². The van der Waals surface area contributed by atoms with Gasteiger partial charge in [0.25, 0.3) is 0 Å². The molecule has 1 N–H and O–H groups in total. The Morgan fingerprint density at radius 2 is 1.70 bits per heavy atom. The van der Waals surface area contributed by atoms with E-state index in [9.17, 15) is 4.79 Å². The predicted molar refractivity (Wildman–Crippen MR) is 82.3 cm³/mol. The van der Waals surface area contributed by atoms with Gasteiger partial charge >= 0.3 is 0 Å². The molecule has 2 rings (SSSR count). The van der Waals surface area contributed by atoms with Crippen molar-refractivity contribution in [2.75, 3.05) is 0 Å². The van der Waals surface area contributed by atoms with E-state index in [1.165, 1.54) is 6.21 Å². The van der Waals surface area contributed by atoms with Gasteiger partial charge in [-0.3, -0.25) is 4.79 Å². The van der Waals surface area contributed by atoms with Crippen LogP contribution in [0.15, 0.2) is 53.6 Å². The van der Waals surface area contributed by atoms with Gasteiger partial charge in [-0.2, -0.15) is 5.10 Å². The summed E-state index contributed by atoms with van der Waals surface area (Å²) in [5.74, 6) is -0.198. The minimum Gasteiger partial charge on any atom is -0.273 e. The van der Waals surface area contributed by atoms with Crippen LogP contribution in [0.2, 0.25) is 10.0 Å². The average molecular weight is 307 g/mol. The van der Waals surface area contributed by atoms with Crippen LogP contribution in [0, 0.1) is 0 Å². The molecule has 0 bridgehead atoms. The first kappa shape index (κ1) is 14.6. The lowest BCUT2D eigenvalue weighted by Crippen LogP contribution is -2.19. The first-order valence-electron chi connectivity index (χ1n) is 5.96. The maximum absolute atomic E-state index is 11.7. The third kappa shape index (κ3) is 4.08. The van der Waals surface area contributed by atoms with Crippen molar-refractivity contribution in [2.45, 2.75) is 6.42 Å². The number of carbonyl (C=O) groups excluding carboxylic acids is 1. The number of nitrogens with one attached hydrogen (secondary N) is 1. The van der Waals surface area contributed by atoms with Crippen molar-refractivity contribution in [3.05, 3.63) is 69.7 Å². The Kier molecular flexibility index (Phi) is 5.16. The van der Waals surface area contributed by atoms with Gasteiger partial charge in [-0.25, -0.2) is 5.43 Å². The van der Waals surface area contributed by atoms with Crippen molar-refractivity contribution in [1.29, 1.82) is 0 Å². The van der Waals surface area contributed by atoms with E-state index in [0.29, 0.717) is 15.6 Å². The fourth-order valence-electron chi connectivity index (χ4n) is 1.62. The lowest BCUT2D eigenvalue weighted by Gasteiger charge is -2.02. The topological polar surface area (TPSA) is 41.5 Å². The summed E-state index contributed by atoms with van der Waals surface area (Å²) < 4.78 is 0. The molecule has 0 spiro atoms. The standard InChI is InChI=1S/C15H12Cl2N2O/c16-13-7-4-8-14(17)12(13)10-18-19-15(20)9-11-5-2-1-3-6-11/h1-8,10H,9H2,(H,19,20)/b18-10+. The number of halogens is 2. The van der Waals surface area contributed by atoms with Crippen molar-refractivity contribution in [3.63, 3.8) is 0 Å². The van der Waals surface area contributed by atoms with Crippen LogP contribution in [0.25, 0.3) is 0 Å². The SMILES string of the molecule is O=C(Cc1ccccc1)N/N=C/c1c(Cl)cccc1Cl. The Bertz CT molecular complexity index is 607. The molecule has 0 aliphatic rings. The Balaban J connectivity index is 1.95. The van der Waals surface area contributed by atoms with Gasteiger partial charge in [-0.1, -0.05) is 59.6 Å². The summed E-state index contributed by atoms with van der Waals surface area (Å²) in [6.45, 7) is 0. The summed E-state index contributed by atoms with van der Waals surface area (Å²) in [5.41, 5.74) is 3.95. The molecule has 0 unspecified atom stereocenters. The molecule has 2 aromatic rings. The lowest BCUT2D eigenvalue weighted by molar-refractivity contribution is -0.120. The van der Waals surface area contributed by atoms with Crippen LogP contribution in [0.5, 0.6) is 0 Å². The molecule has 102 valence electrons. The molecule has 0 aliphatic heterocycles. The van der Waals surface area contributed by atoms with Crippen LogP contribution >= 0.6 is 23.2 Å². The van der Waals surface area contributed by atoms with E-state index in [-0.39, 0.29) is 12.3 Å². The summed E-state index contributed by atoms with van der Waals surface area (Å²) >= 11 is 12.0. The van der Waals surface area contributed by atoms with Crippen LogP contribution < -0.4 is 5.43 Å². The van der Waals surface area contributed by atoms with Gasteiger partial charge in [0.15, 0.2) is 0 Å². The van der Waals surface area contributed by atoms with Crippen molar-refractivity contribution in [2.24, 2.45) is 5.10 Å². The van der Waals surface area contributed by atoms with Crippen LogP contribution in [-0.4, -0.2) is 12.1 Å². The number of benzene rings is 2. The van der Waals surface area contributed by atoms with Crippen molar-refractivity contribution < 1.29 is 4.79 Å². The zero-order valence-electron chi connectivity index (χ0n) is 10.5. The minimum atomic E-state index is -0.198. The molecule has 0 heterocycles. The number of hydrazone groups is 1. The van der Waals surface area contributed by atoms with Gasteiger partial charge in [0.2, 0.25) is 5.91 Å². The highest BCUT2D eigenvalue weighted by molar-refractivity contribution is 6.38. The molecule has 0 saturated carbocycles. The fraction of sp³-hybridized carbons (Fsp3) is 0.0667. The number of hydrogen-bond donors (Lipinski definition) is 1. The molecule has 2 aromatic carbocycles. The Morgan fingerprint density at radius 1 is 1.05 bits per heavy atom. The maximum atomic E-state index is 11.7. The zero-order chi connectivity index (χ0) is 14.4. The van der Waals surface area contributed by atoms with E-state index < -0.39 is 0 Å². The number of carbonyl (C=O) groups is 1. The van der Waals surface area contributed by atoms with Gasteiger partial charge in [-0.05, 0) is 17.7 Å². The molecule has 20 heavy (non-hydrogen) atoms. The number of nitrogens with zero attached hydrogens (tertiary/aromatic N) is 1. The molecule has 0 aliphatic carbocycles. The highest BCUT2D eigenvalue weighted by atomic mass is 35.5. The van der Waals surface area contributed by atoms with Gasteiger partial charge in [0.1, 0.15) is 0 Å². The molecule has 0 radical (unpaired) electrons. The highest BCUT2D eigenvalue weighted by Gasteiger charge is 2.03. The van der Waals surface area contributed by atoms with E-state index in [0.717, 1.165) is 5.56 Å². The van der Waals surface area contributed by atoms with Crippen molar-refractivity contribution in [1.82, 2.24) is 5.43 Å². The minimum absolute atomic E-state index is 0.198. The van der Waals surface area contributed by atoms with Crippen LogP contribution in [0.4, 0.5) is 0 Å². The second-order valence-corrected chi connectivity index (χ2v) is 4.91. The molecule has 0 atom stereocenters. The molecule has 1 amide bonds. The lowest BCUT2D eigenvalue weighted by atomic mass is 10.1. The van der Waals surface area contributed by atoms with E-state index in [2.05, 4.69) is 10.5 Å². The summed E-state index contributed by atoms with van der Waals surface area (Å²) in [7, 11) is 0. The molecule has 5 heteroatoms. The molecule has 3 nitrogen and oxygen atoms in total. The van der Waals surface area contributed by atoms with E-state index in [1.54, 1.807) is 18.2 Å². The first-order chi connectivity index (χ1) is 9.66. The van der Waals surface area contributed by atoms with E-state index in [4.69, 9.17) is 23.2 Å². The van der Waals surface area contributed by atoms with Gasteiger partial charge in [-0.15, -0.1) is 0 Å². The first-order valence-corrected chi connectivity index (χ1v) is 6.72. The zero-order valence-corrected chi connectivity index (χ0v) is 12.0. The summed E-state index contributed by atoms with van der Waals surface area (Å²) in [6.07, 6.45) is 1.71. The summed E-state index contributed by atoms with van der Waals surface area (Å²) in [6, 6.07) is 14.6. The third-order valence-corrected chi connectivity index (χ3v) is 3.25. The largest absolute Gasteiger partial charge is 0.273 e. The van der Waals surface area contributed by atoms with Crippen LogP contribution in [-0.2, 0) is 11.2 Å². The summed E-state index contributed by atoms with van der Waals surface area (Å²) in [5, 5.41) is 4.84. The van der Waals surface area contributed by atoms with Crippen LogP contribution in [0.1, 0.15) is 11.1 Å². The maximum Gasteiger partial charge on any atom is 0.244 e. The van der Waals surface area contributed by atoms with Gasteiger partial charge < -0.3 is 0 Å². The molecule has 0 fully saturated rings. The number of amides is 1. The Morgan fingerprint density at radius 3 is 2.35 bits per heavy atom. The fourth-order valence-corrected chi connectivity index (χ4v) is 2.12. The second kappa shape index (κ2) is 7.08. The molecular formula is C15H12Cl2N2O.